The molecule has 1 aliphatic rings. The summed E-state index contributed by atoms with van der Waals surface area (Å²) in [5.74, 6) is 1.52. The van der Waals surface area contributed by atoms with Crippen molar-refractivity contribution in [3.8, 4) is 0 Å². The normalized spacial score (nSPS) is 18.0. The molecule has 0 aliphatic carbocycles. The molecule has 1 aliphatic heterocycles. The minimum Gasteiger partial charge on any atom is -0.368 e. The van der Waals surface area contributed by atoms with Gasteiger partial charge in [-0.3, -0.25) is 4.79 Å². The molecule has 0 bridgehead atoms. The molecule has 2 heterocycles. The number of nitrogens with zero attached hydrogens (tertiary/aromatic N) is 2. The number of ether oxygens (including phenoxy) is 1. The van der Waals surface area contributed by atoms with Crippen molar-refractivity contribution in [2.45, 2.75) is 52.3 Å². The third kappa shape index (κ3) is 3.72. The predicted octanol–water partition coefficient (Wildman–Crippen LogP) is 2.88. The molecule has 3 rings (SSSR count). The van der Waals surface area contributed by atoms with Crippen molar-refractivity contribution in [3.05, 3.63) is 30.1 Å². The Balaban J connectivity index is 1.75. The topological polar surface area (TPSA) is 56.2 Å². The highest BCUT2D eigenvalue weighted by Gasteiger charge is 2.23. The van der Waals surface area contributed by atoms with Gasteiger partial charge < -0.3 is 14.6 Å². The summed E-state index contributed by atoms with van der Waals surface area (Å²) in [4.78, 5) is 16.8. The zero-order valence-corrected chi connectivity index (χ0v) is 13.9. The van der Waals surface area contributed by atoms with Gasteiger partial charge in [0.25, 0.3) is 0 Å². The van der Waals surface area contributed by atoms with Gasteiger partial charge in [-0.1, -0.05) is 26.0 Å². The molecule has 0 saturated carbocycles. The van der Waals surface area contributed by atoms with E-state index in [9.17, 15) is 4.79 Å². The standard InChI is InChI=1S/C18H25N3O2/c1-13(2)9-10-21-15-7-4-3-6-14(15)20-17(21)12-19-18(22)16-8-5-11-23-16/h3-4,6-7,13,16H,5,8-12H2,1-2H3,(H,19,22). The highest BCUT2D eigenvalue weighted by Crippen LogP contribution is 2.18. The molecule has 0 spiro atoms. The van der Waals surface area contributed by atoms with Gasteiger partial charge >= 0.3 is 0 Å². The van der Waals surface area contributed by atoms with Gasteiger partial charge in [-0.05, 0) is 37.3 Å². The number of benzene rings is 1. The zero-order chi connectivity index (χ0) is 16.2. The Morgan fingerprint density at radius 1 is 1.43 bits per heavy atom. The number of imidazole rings is 1. The van der Waals surface area contributed by atoms with Gasteiger partial charge in [0, 0.05) is 13.2 Å². The lowest BCUT2D eigenvalue weighted by Gasteiger charge is -2.13. The molecule has 5 nitrogen and oxygen atoms in total. The molecule has 2 aromatic rings. The van der Waals surface area contributed by atoms with Crippen LogP contribution >= 0.6 is 0 Å². The first-order valence-electron chi connectivity index (χ1n) is 8.48. The molecule has 1 saturated heterocycles. The van der Waals surface area contributed by atoms with Crippen molar-refractivity contribution >= 4 is 16.9 Å². The second-order valence-electron chi connectivity index (χ2n) is 6.57. The Labute approximate surface area is 137 Å². The number of carbonyl (C=O) groups excluding carboxylic acids is 1. The van der Waals surface area contributed by atoms with Crippen molar-refractivity contribution in [1.82, 2.24) is 14.9 Å². The number of aryl methyl sites for hydroxylation is 1. The molecule has 1 aromatic heterocycles. The zero-order valence-electron chi connectivity index (χ0n) is 13.9. The van der Waals surface area contributed by atoms with E-state index in [4.69, 9.17) is 9.72 Å². The van der Waals surface area contributed by atoms with Crippen molar-refractivity contribution in [2.75, 3.05) is 6.61 Å². The Morgan fingerprint density at radius 2 is 2.26 bits per heavy atom. The Bertz CT molecular complexity index is 672. The summed E-state index contributed by atoms with van der Waals surface area (Å²) in [5.41, 5.74) is 2.12. The van der Waals surface area contributed by atoms with Crippen molar-refractivity contribution < 1.29 is 9.53 Å². The number of nitrogens with one attached hydrogen (secondary N) is 1. The highest BCUT2D eigenvalue weighted by molar-refractivity contribution is 5.81. The molecule has 1 unspecified atom stereocenters. The van der Waals surface area contributed by atoms with Crippen molar-refractivity contribution in [2.24, 2.45) is 5.92 Å². The van der Waals surface area contributed by atoms with Crippen LogP contribution in [0.4, 0.5) is 0 Å². The second-order valence-corrected chi connectivity index (χ2v) is 6.57. The molecule has 0 radical (unpaired) electrons. The number of carbonyl (C=O) groups is 1. The maximum Gasteiger partial charge on any atom is 0.249 e. The summed E-state index contributed by atoms with van der Waals surface area (Å²) in [6, 6.07) is 8.14. The molecule has 1 N–H and O–H groups in total. The number of hydrogen-bond donors (Lipinski definition) is 1. The van der Waals surface area contributed by atoms with Crippen molar-refractivity contribution in [1.29, 1.82) is 0 Å². The first-order chi connectivity index (χ1) is 11.1. The average Bonchev–Trinajstić information content (AvgIpc) is 3.18. The smallest absolute Gasteiger partial charge is 0.249 e. The summed E-state index contributed by atoms with van der Waals surface area (Å²) < 4.78 is 7.66. The number of rotatable bonds is 6. The Hall–Kier alpha value is -1.88. The lowest BCUT2D eigenvalue weighted by molar-refractivity contribution is -0.130. The van der Waals surface area contributed by atoms with Crippen LogP contribution in [0.25, 0.3) is 11.0 Å². The van der Waals surface area contributed by atoms with Crippen LogP contribution in [0.1, 0.15) is 38.9 Å². The fourth-order valence-electron chi connectivity index (χ4n) is 2.96. The van der Waals surface area contributed by atoms with Crippen LogP contribution in [-0.2, 0) is 22.6 Å². The third-order valence-corrected chi connectivity index (χ3v) is 4.31. The first-order valence-corrected chi connectivity index (χ1v) is 8.48. The van der Waals surface area contributed by atoms with Gasteiger partial charge in [-0.15, -0.1) is 0 Å². The van der Waals surface area contributed by atoms with E-state index >= 15 is 0 Å². The number of fused-ring (bicyclic) bond motifs is 1. The van der Waals surface area contributed by atoms with Crippen LogP contribution in [0.2, 0.25) is 0 Å². The van der Waals surface area contributed by atoms with Crippen LogP contribution in [0.5, 0.6) is 0 Å². The van der Waals surface area contributed by atoms with E-state index in [0.717, 1.165) is 42.7 Å². The molecule has 1 amide bonds. The predicted molar refractivity (Wildman–Crippen MR) is 90.0 cm³/mol. The maximum absolute atomic E-state index is 12.1. The number of aromatic nitrogens is 2. The minimum absolute atomic E-state index is 0.0232. The van der Waals surface area contributed by atoms with Gasteiger partial charge in [-0.25, -0.2) is 4.98 Å². The lowest BCUT2D eigenvalue weighted by atomic mass is 10.1. The van der Waals surface area contributed by atoms with Gasteiger partial charge in [-0.2, -0.15) is 0 Å². The van der Waals surface area contributed by atoms with Crippen LogP contribution in [0.3, 0.4) is 0 Å². The molecule has 1 aromatic carbocycles. The Morgan fingerprint density at radius 3 is 3.00 bits per heavy atom. The molecular weight excluding hydrogens is 290 g/mol. The Kier molecular flexibility index (Phi) is 4.96. The molecule has 124 valence electrons. The van der Waals surface area contributed by atoms with E-state index in [1.54, 1.807) is 0 Å². The van der Waals surface area contributed by atoms with Crippen LogP contribution < -0.4 is 5.32 Å². The van der Waals surface area contributed by atoms with Crippen molar-refractivity contribution in [3.63, 3.8) is 0 Å². The fourth-order valence-corrected chi connectivity index (χ4v) is 2.96. The number of para-hydroxylation sites is 2. The molecule has 1 fully saturated rings. The summed E-state index contributed by atoms with van der Waals surface area (Å²) in [5, 5.41) is 2.98. The van der Waals surface area contributed by atoms with Crippen LogP contribution in [0, 0.1) is 5.92 Å². The van der Waals surface area contributed by atoms with E-state index in [0.29, 0.717) is 19.1 Å². The molecule has 1 atom stereocenters. The summed E-state index contributed by atoms with van der Waals surface area (Å²) >= 11 is 0. The van der Waals surface area contributed by atoms with Crippen LogP contribution in [-0.4, -0.2) is 28.2 Å². The average molecular weight is 315 g/mol. The molecular formula is C18H25N3O2. The van der Waals surface area contributed by atoms with E-state index in [-0.39, 0.29) is 12.0 Å². The lowest BCUT2D eigenvalue weighted by Crippen LogP contribution is -2.34. The van der Waals surface area contributed by atoms with E-state index in [1.807, 2.05) is 18.2 Å². The van der Waals surface area contributed by atoms with E-state index in [2.05, 4.69) is 29.8 Å². The summed E-state index contributed by atoms with van der Waals surface area (Å²) in [6.45, 7) is 6.50. The van der Waals surface area contributed by atoms with Gasteiger partial charge in [0.15, 0.2) is 0 Å². The minimum atomic E-state index is -0.288. The monoisotopic (exact) mass is 315 g/mol. The first kappa shape index (κ1) is 16.0. The van der Waals surface area contributed by atoms with Crippen LogP contribution in [0.15, 0.2) is 24.3 Å². The molecule has 5 heteroatoms. The highest BCUT2D eigenvalue weighted by atomic mass is 16.5. The van der Waals surface area contributed by atoms with Gasteiger partial charge in [0.2, 0.25) is 5.91 Å². The fraction of sp³-hybridized carbons (Fsp3) is 0.556. The SMILES string of the molecule is CC(C)CCn1c(CNC(=O)C2CCCO2)nc2ccccc21. The number of amides is 1. The third-order valence-electron chi connectivity index (χ3n) is 4.31. The summed E-state index contributed by atoms with van der Waals surface area (Å²) in [7, 11) is 0. The largest absolute Gasteiger partial charge is 0.368 e. The van der Waals surface area contributed by atoms with Gasteiger partial charge in [0.1, 0.15) is 11.9 Å². The number of hydrogen-bond acceptors (Lipinski definition) is 3. The maximum atomic E-state index is 12.1. The summed E-state index contributed by atoms with van der Waals surface area (Å²) in [6.07, 6.45) is 2.58. The molecule has 23 heavy (non-hydrogen) atoms. The van der Waals surface area contributed by atoms with E-state index < -0.39 is 0 Å². The van der Waals surface area contributed by atoms with Gasteiger partial charge in [0.05, 0.1) is 17.6 Å². The quantitative estimate of drug-likeness (QED) is 0.892. The second kappa shape index (κ2) is 7.13. The van der Waals surface area contributed by atoms with E-state index in [1.165, 1.54) is 0 Å².